The van der Waals surface area contributed by atoms with E-state index in [4.69, 9.17) is 4.42 Å². The van der Waals surface area contributed by atoms with Gasteiger partial charge in [0.15, 0.2) is 0 Å². The van der Waals surface area contributed by atoms with Crippen LogP contribution in [0.25, 0.3) is 0 Å². The number of piperidine rings is 1. The summed E-state index contributed by atoms with van der Waals surface area (Å²) >= 11 is 0. The van der Waals surface area contributed by atoms with Gasteiger partial charge in [-0.15, -0.1) is 0 Å². The quantitative estimate of drug-likeness (QED) is 0.890. The van der Waals surface area contributed by atoms with Gasteiger partial charge in [0, 0.05) is 12.0 Å². The first-order valence-electron chi connectivity index (χ1n) is 8.77. The van der Waals surface area contributed by atoms with Crippen LogP contribution in [0, 0.1) is 5.92 Å². The third-order valence-corrected chi connectivity index (χ3v) is 5.24. The average molecular weight is 311 g/mol. The van der Waals surface area contributed by atoms with Gasteiger partial charge in [0.1, 0.15) is 6.26 Å². The van der Waals surface area contributed by atoms with E-state index < -0.39 is 0 Å². The van der Waals surface area contributed by atoms with Gasteiger partial charge in [0.2, 0.25) is 5.89 Å². The maximum Gasteiger partial charge on any atom is 0.208 e. The summed E-state index contributed by atoms with van der Waals surface area (Å²) < 4.78 is 5.34. The highest BCUT2D eigenvalue weighted by molar-refractivity contribution is 5.27. The van der Waals surface area contributed by atoms with Gasteiger partial charge >= 0.3 is 0 Å². The zero-order valence-electron chi connectivity index (χ0n) is 13.5. The molecule has 1 saturated heterocycles. The highest BCUT2D eigenvalue weighted by Gasteiger charge is 2.38. The van der Waals surface area contributed by atoms with Gasteiger partial charge < -0.3 is 9.73 Å². The SMILES string of the molecule is c1ccc(C2CC2NCC2CCN(Cc3ncco3)CC2)cc1. The number of rotatable bonds is 6. The zero-order valence-corrected chi connectivity index (χ0v) is 13.5. The lowest BCUT2D eigenvalue weighted by Crippen LogP contribution is -2.37. The maximum absolute atomic E-state index is 5.34. The number of aromatic nitrogens is 1. The topological polar surface area (TPSA) is 41.3 Å². The van der Waals surface area contributed by atoms with Crippen LogP contribution >= 0.6 is 0 Å². The summed E-state index contributed by atoms with van der Waals surface area (Å²) in [5, 5.41) is 3.79. The molecule has 2 aliphatic rings. The number of oxazole rings is 1. The van der Waals surface area contributed by atoms with Gasteiger partial charge in [-0.2, -0.15) is 0 Å². The summed E-state index contributed by atoms with van der Waals surface area (Å²) in [4.78, 5) is 6.66. The lowest BCUT2D eigenvalue weighted by Gasteiger charge is -2.31. The third kappa shape index (κ3) is 3.82. The molecule has 0 spiro atoms. The molecule has 2 atom stereocenters. The monoisotopic (exact) mass is 311 g/mol. The minimum absolute atomic E-state index is 0.697. The molecule has 1 aliphatic heterocycles. The molecule has 0 radical (unpaired) electrons. The molecule has 23 heavy (non-hydrogen) atoms. The van der Waals surface area contributed by atoms with Gasteiger partial charge in [0.25, 0.3) is 0 Å². The second-order valence-corrected chi connectivity index (χ2v) is 6.91. The molecule has 4 nitrogen and oxygen atoms in total. The van der Waals surface area contributed by atoms with Crippen LogP contribution in [-0.4, -0.2) is 35.6 Å². The lowest BCUT2D eigenvalue weighted by atomic mass is 9.96. The molecule has 1 saturated carbocycles. The Balaban J connectivity index is 1.16. The molecule has 2 aromatic rings. The van der Waals surface area contributed by atoms with Crippen molar-refractivity contribution in [1.29, 1.82) is 0 Å². The van der Waals surface area contributed by atoms with Crippen LogP contribution in [-0.2, 0) is 6.54 Å². The summed E-state index contributed by atoms with van der Waals surface area (Å²) in [6, 6.07) is 11.6. The summed E-state index contributed by atoms with van der Waals surface area (Å²) in [7, 11) is 0. The summed E-state index contributed by atoms with van der Waals surface area (Å²) in [5.41, 5.74) is 1.49. The Morgan fingerprint density at radius 3 is 2.74 bits per heavy atom. The Labute approximate surface area is 137 Å². The molecular formula is C19H25N3O. The zero-order chi connectivity index (χ0) is 15.5. The molecule has 4 rings (SSSR count). The van der Waals surface area contributed by atoms with Crippen LogP contribution in [0.3, 0.4) is 0 Å². The standard InChI is InChI=1S/C19H25N3O/c1-2-4-16(5-3-1)17-12-18(17)21-13-15-6-9-22(10-7-15)14-19-20-8-11-23-19/h1-5,8,11,15,17-18,21H,6-7,9-10,12-14H2. The first-order valence-corrected chi connectivity index (χ1v) is 8.77. The Hall–Kier alpha value is -1.65. The molecule has 1 aromatic heterocycles. The third-order valence-electron chi connectivity index (χ3n) is 5.24. The Morgan fingerprint density at radius 1 is 1.17 bits per heavy atom. The number of hydrogen-bond acceptors (Lipinski definition) is 4. The molecule has 1 aliphatic carbocycles. The molecule has 4 heteroatoms. The second kappa shape index (κ2) is 6.85. The van der Waals surface area contributed by atoms with Crippen molar-refractivity contribution in [3.05, 3.63) is 54.2 Å². The molecule has 1 N–H and O–H groups in total. The highest BCUT2D eigenvalue weighted by atomic mass is 16.3. The fourth-order valence-corrected chi connectivity index (χ4v) is 3.68. The van der Waals surface area contributed by atoms with E-state index in [-0.39, 0.29) is 0 Å². The summed E-state index contributed by atoms with van der Waals surface area (Å²) in [5.74, 6) is 2.39. The Kier molecular flexibility index (Phi) is 4.44. The highest BCUT2D eigenvalue weighted by Crippen LogP contribution is 2.40. The largest absolute Gasteiger partial charge is 0.448 e. The molecule has 1 aromatic carbocycles. The lowest BCUT2D eigenvalue weighted by molar-refractivity contribution is 0.162. The van der Waals surface area contributed by atoms with Crippen molar-refractivity contribution in [3.63, 3.8) is 0 Å². The van der Waals surface area contributed by atoms with Crippen molar-refractivity contribution in [2.24, 2.45) is 5.92 Å². The molecule has 122 valence electrons. The fourth-order valence-electron chi connectivity index (χ4n) is 3.68. The van der Waals surface area contributed by atoms with Crippen LogP contribution in [0.15, 0.2) is 47.2 Å². The second-order valence-electron chi connectivity index (χ2n) is 6.91. The normalized spacial score (nSPS) is 25.6. The van der Waals surface area contributed by atoms with Crippen LogP contribution in [0.5, 0.6) is 0 Å². The molecule has 0 bridgehead atoms. The van der Waals surface area contributed by atoms with Gasteiger partial charge in [-0.25, -0.2) is 4.98 Å². The smallest absolute Gasteiger partial charge is 0.208 e. The van der Waals surface area contributed by atoms with Crippen molar-refractivity contribution in [2.75, 3.05) is 19.6 Å². The van der Waals surface area contributed by atoms with Crippen LogP contribution in [0.1, 0.15) is 36.6 Å². The minimum atomic E-state index is 0.697. The first kappa shape index (κ1) is 14.9. The maximum atomic E-state index is 5.34. The summed E-state index contributed by atoms with van der Waals surface area (Å²) in [6.07, 6.45) is 7.23. The van der Waals surface area contributed by atoms with Gasteiger partial charge in [-0.3, -0.25) is 4.90 Å². The van der Waals surface area contributed by atoms with E-state index >= 15 is 0 Å². The van der Waals surface area contributed by atoms with Crippen molar-refractivity contribution < 1.29 is 4.42 Å². The van der Waals surface area contributed by atoms with Crippen LogP contribution < -0.4 is 5.32 Å². The van der Waals surface area contributed by atoms with Crippen LogP contribution in [0.4, 0.5) is 0 Å². The van der Waals surface area contributed by atoms with E-state index in [2.05, 4.69) is 45.5 Å². The van der Waals surface area contributed by atoms with Gasteiger partial charge in [-0.05, 0) is 50.4 Å². The van der Waals surface area contributed by atoms with Gasteiger partial charge in [-0.1, -0.05) is 30.3 Å². The molecule has 2 heterocycles. The first-order chi connectivity index (χ1) is 11.4. The van der Waals surface area contributed by atoms with E-state index in [1.54, 1.807) is 12.5 Å². The predicted octanol–water partition coefficient (Wildman–Crippen LogP) is 3.03. The van der Waals surface area contributed by atoms with E-state index in [1.807, 2.05) is 0 Å². The van der Waals surface area contributed by atoms with Crippen molar-refractivity contribution in [3.8, 4) is 0 Å². The Morgan fingerprint density at radius 2 is 2.00 bits per heavy atom. The predicted molar refractivity (Wildman–Crippen MR) is 90.1 cm³/mol. The van der Waals surface area contributed by atoms with Crippen LogP contribution in [0.2, 0.25) is 0 Å². The van der Waals surface area contributed by atoms with E-state index in [0.29, 0.717) is 6.04 Å². The number of nitrogens with one attached hydrogen (secondary N) is 1. The molecule has 0 amide bonds. The van der Waals surface area contributed by atoms with Crippen molar-refractivity contribution >= 4 is 0 Å². The number of benzene rings is 1. The van der Waals surface area contributed by atoms with E-state index in [1.165, 1.54) is 31.4 Å². The van der Waals surface area contributed by atoms with Crippen molar-refractivity contribution in [1.82, 2.24) is 15.2 Å². The van der Waals surface area contributed by atoms with E-state index in [0.717, 1.165) is 37.4 Å². The number of likely N-dealkylation sites (tertiary alicyclic amines) is 1. The van der Waals surface area contributed by atoms with Gasteiger partial charge in [0.05, 0.1) is 12.7 Å². The molecular weight excluding hydrogens is 286 g/mol. The molecule has 2 fully saturated rings. The average Bonchev–Trinajstić information content (AvgIpc) is 3.21. The van der Waals surface area contributed by atoms with Crippen molar-refractivity contribution in [2.45, 2.75) is 37.8 Å². The van der Waals surface area contributed by atoms with E-state index in [9.17, 15) is 0 Å². The summed E-state index contributed by atoms with van der Waals surface area (Å²) in [6.45, 7) is 4.33. The number of hydrogen-bond donors (Lipinski definition) is 1. The Bertz CT molecular complexity index is 590. The number of nitrogens with zero attached hydrogens (tertiary/aromatic N) is 2. The minimum Gasteiger partial charge on any atom is -0.448 e. The fraction of sp³-hybridized carbons (Fsp3) is 0.526. The molecule has 2 unspecified atom stereocenters.